The SMILES string of the molecule is CCN(c1ccc(C(=O)NCc2cccnc2)cc1)S(=O)(=O)c1ccccc1. The molecule has 1 heterocycles. The minimum atomic E-state index is -3.66. The molecule has 0 radical (unpaired) electrons. The number of hydrogen-bond donors (Lipinski definition) is 1. The first-order chi connectivity index (χ1) is 13.5. The Morgan fingerprint density at radius 2 is 1.71 bits per heavy atom. The van der Waals surface area contributed by atoms with Crippen LogP contribution in [0.25, 0.3) is 0 Å². The second kappa shape index (κ2) is 8.67. The largest absolute Gasteiger partial charge is 0.348 e. The van der Waals surface area contributed by atoms with Crippen molar-refractivity contribution in [3.8, 4) is 0 Å². The molecule has 144 valence electrons. The monoisotopic (exact) mass is 395 g/mol. The standard InChI is InChI=1S/C21H21N3O3S/c1-2-24(28(26,27)20-8-4-3-5-9-20)19-12-10-18(11-13-19)21(25)23-16-17-7-6-14-22-15-17/h3-15H,2,16H2,1H3,(H,23,25). The number of pyridine rings is 1. The van der Waals surface area contributed by atoms with Crippen molar-refractivity contribution in [3.05, 3.63) is 90.3 Å². The molecule has 0 saturated carbocycles. The quantitative estimate of drug-likeness (QED) is 0.666. The predicted octanol–water partition coefficient (Wildman–Crippen LogP) is 3.23. The smallest absolute Gasteiger partial charge is 0.264 e. The van der Waals surface area contributed by atoms with Gasteiger partial charge in [-0.15, -0.1) is 0 Å². The van der Waals surface area contributed by atoms with Crippen molar-refractivity contribution in [2.24, 2.45) is 0 Å². The molecule has 0 fully saturated rings. The van der Waals surface area contributed by atoms with Crippen molar-refractivity contribution in [1.82, 2.24) is 10.3 Å². The van der Waals surface area contributed by atoms with Crippen molar-refractivity contribution in [1.29, 1.82) is 0 Å². The lowest BCUT2D eigenvalue weighted by Gasteiger charge is -2.23. The fourth-order valence-electron chi connectivity index (χ4n) is 2.78. The van der Waals surface area contributed by atoms with Crippen LogP contribution >= 0.6 is 0 Å². The highest BCUT2D eigenvalue weighted by Crippen LogP contribution is 2.23. The Morgan fingerprint density at radius 1 is 1.00 bits per heavy atom. The van der Waals surface area contributed by atoms with E-state index in [9.17, 15) is 13.2 Å². The molecule has 3 aromatic rings. The Morgan fingerprint density at radius 3 is 2.32 bits per heavy atom. The first-order valence-electron chi connectivity index (χ1n) is 8.87. The van der Waals surface area contributed by atoms with Gasteiger partial charge in [0.15, 0.2) is 0 Å². The number of anilines is 1. The summed E-state index contributed by atoms with van der Waals surface area (Å²) in [6, 6.07) is 18.5. The van der Waals surface area contributed by atoms with E-state index in [1.807, 2.05) is 12.1 Å². The summed E-state index contributed by atoms with van der Waals surface area (Å²) in [5.41, 5.74) is 1.87. The molecular formula is C21H21N3O3S. The maximum absolute atomic E-state index is 12.9. The fraction of sp³-hybridized carbons (Fsp3) is 0.143. The molecule has 0 spiro atoms. The molecule has 0 aliphatic heterocycles. The van der Waals surface area contributed by atoms with Crippen LogP contribution in [0.3, 0.4) is 0 Å². The van der Waals surface area contributed by atoms with E-state index in [2.05, 4.69) is 10.3 Å². The Balaban J connectivity index is 1.74. The number of benzene rings is 2. The molecule has 2 aromatic carbocycles. The summed E-state index contributed by atoms with van der Waals surface area (Å²) in [7, 11) is -3.66. The van der Waals surface area contributed by atoms with E-state index < -0.39 is 10.0 Å². The lowest BCUT2D eigenvalue weighted by molar-refractivity contribution is 0.0951. The van der Waals surface area contributed by atoms with Crippen LogP contribution < -0.4 is 9.62 Å². The van der Waals surface area contributed by atoms with Gasteiger partial charge in [0.25, 0.3) is 15.9 Å². The molecule has 1 aromatic heterocycles. The average molecular weight is 395 g/mol. The van der Waals surface area contributed by atoms with Crippen molar-refractivity contribution >= 4 is 21.6 Å². The summed E-state index contributed by atoms with van der Waals surface area (Å²) in [5, 5.41) is 2.82. The molecule has 6 nitrogen and oxygen atoms in total. The van der Waals surface area contributed by atoms with Crippen molar-refractivity contribution in [2.45, 2.75) is 18.4 Å². The van der Waals surface area contributed by atoms with Gasteiger partial charge in [0.2, 0.25) is 0 Å². The van der Waals surface area contributed by atoms with Crippen LogP contribution in [0.4, 0.5) is 5.69 Å². The van der Waals surface area contributed by atoms with Crippen molar-refractivity contribution in [3.63, 3.8) is 0 Å². The van der Waals surface area contributed by atoms with E-state index in [0.29, 0.717) is 17.8 Å². The van der Waals surface area contributed by atoms with E-state index >= 15 is 0 Å². The Kier molecular flexibility index (Phi) is 6.06. The Labute approximate surface area is 164 Å². The molecule has 7 heteroatoms. The third-order valence-corrected chi connectivity index (χ3v) is 6.13. The van der Waals surface area contributed by atoms with Gasteiger partial charge in [-0.2, -0.15) is 0 Å². The van der Waals surface area contributed by atoms with Gasteiger partial charge in [-0.3, -0.25) is 14.1 Å². The van der Waals surface area contributed by atoms with Gasteiger partial charge in [-0.05, 0) is 55.0 Å². The number of nitrogens with one attached hydrogen (secondary N) is 1. The number of sulfonamides is 1. The number of carbonyl (C=O) groups is 1. The summed E-state index contributed by atoms with van der Waals surface area (Å²) < 4.78 is 27.1. The zero-order valence-electron chi connectivity index (χ0n) is 15.4. The molecule has 1 N–H and O–H groups in total. The lowest BCUT2D eigenvalue weighted by atomic mass is 10.2. The molecule has 0 saturated heterocycles. The van der Waals surface area contributed by atoms with Crippen LogP contribution in [-0.4, -0.2) is 25.9 Å². The van der Waals surface area contributed by atoms with Gasteiger partial charge in [-0.25, -0.2) is 8.42 Å². The van der Waals surface area contributed by atoms with Gasteiger partial charge in [0.1, 0.15) is 0 Å². The topological polar surface area (TPSA) is 79.4 Å². The van der Waals surface area contributed by atoms with E-state index in [-0.39, 0.29) is 17.3 Å². The molecule has 0 atom stereocenters. The maximum atomic E-state index is 12.9. The maximum Gasteiger partial charge on any atom is 0.264 e. The van der Waals surface area contributed by atoms with Crippen LogP contribution in [0.1, 0.15) is 22.8 Å². The van der Waals surface area contributed by atoms with Gasteiger partial charge in [-0.1, -0.05) is 24.3 Å². The number of aromatic nitrogens is 1. The molecule has 0 unspecified atom stereocenters. The van der Waals surface area contributed by atoms with Crippen LogP contribution in [0.2, 0.25) is 0 Å². The summed E-state index contributed by atoms with van der Waals surface area (Å²) in [6.45, 7) is 2.43. The summed E-state index contributed by atoms with van der Waals surface area (Å²) >= 11 is 0. The number of rotatable bonds is 7. The minimum absolute atomic E-state index is 0.232. The fourth-order valence-corrected chi connectivity index (χ4v) is 4.27. The zero-order valence-corrected chi connectivity index (χ0v) is 16.3. The van der Waals surface area contributed by atoms with Gasteiger partial charge in [0, 0.05) is 31.0 Å². The van der Waals surface area contributed by atoms with Crippen molar-refractivity contribution in [2.75, 3.05) is 10.8 Å². The molecule has 1 amide bonds. The number of carbonyl (C=O) groups excluding carboxylic acids is 1. The highest BCUT2D eigenvalue weighted by molar-refractivity contribution is 7.92. The van der Waals surface area contributed by atoms with Crippen molar-refractivity contribution < 1.29 is 13.2 Å². The van der Waals surface area contributed by atoms with E-state index in [0.717, 1.165) is 5.56 Å². The Hall–Kier alpha value is -3.19. The minimum Gasteiger partial charge on any atom is -0.348 e. The second-order valence-electron chi connectivity index (χ2n) is 6.07. The molecule has 3 rings (SSSR count). The molecular weight excluding hydrogens is 374 g/mol. The first-order valence-corrected chi connectivity index (χ1v) is 10.3. The van der Waals surface area contributed by atoms with Crippen LogP contribution in [0.15, 0.2) is 84.0 Å². The first kappa shape index (κ1) is 19.6. The molecule has 28 heavy (non-hydrogen) atoms. The average Bonchev–Trinajstić information content (AvgIpc) is 2.74. The second-order valence-corrected chi connectivity index (χ2v) is 7.94. The lowest BCUT2D eigenvalue weighted by Crippen LogP contribution is -2.30. The molecule has 0 aliphatic carbocycles. The van der Waals surface area contributed by atoms with Gasteiger partial charge < -0.3 is 5.32 Å². The number of hydrogen-bond acceptors (Lipinski definition) is 4. The van der Waals surface area contributed by atoms with E-state index in [4.69, 9.17) is 0 Å². The summed E-state index contributed by atoms with van der Waals surface area (Å²) in [6.07, 6.45) is 3.37. The van der Waals surface area contributed by atoms with Crippen LogP contribution in [0, 0.1) is 0 Å². The molecule has 0 bridgehead atoms. The summed E-state index contributed by atoms with van der Waals surface area (Å²) in [4.78, 5) is 16.6. The number of nitrogens with zero attached hydrogens (tertiary/aromatic N) is 2. The van der Waals surface area contributed by atoms with Gasteiger partial charge >= 0.3 is 0 Å². The highest BCUT2D eigenvalue weighted by Gasteiger charge is 2.23. The zero-order chi connectivity index (χ0) is 20.0. The third-order valence-electron chi connectivity index (χ3n) is 4.21. The normalized spacial score (nSPS) is 11.0. The van der Waals surface area contributed by atoms with E-state index in [1.54, 1.807) is 73.9 Å². The predicted molar refractivity (Wildman–Crippen MR) is 108 cm³/mol. The summed E-state index contributed by atoms with van der Waals surface area (Å²) in [5.74, 6) is -0.232. The van der Waals surface area contributed by atoms with Crippen LogP contribution in [0.5, 0.6) is 0 Å². The number of amides is 1. The Bertz CT molecular complexity index is 1020. The third kappa shape index (κ3) is 4.37. The van der Waals surface area contributed by atoms with Gasteiger partial charge in [0.05, 0.1) is 10.6 Å². The van der Waals surface area contributed by atoms with Crippen LogP contribution in [-0.2, 0) is 16.6 Å². The highest BCUT2D eigenvalue weighted by atomic mass is 32.2. The van der Waals surface area contributed by atoms with E-state index in [1.165, 1.54) is 4.31 Å². The molecule has 0 aliphatic rings.